The zero-order chi connectivity index (χ0) is 11.0. The second-order valence-corrected chi connectivity index (χ2v) is 4.06. The standard InChI is InChI=1S/C11H15N5.ClH/c1-9-10-8-14-11(16(10)7-4-13-9)15-5-2-12-3-6-15;/h4,7-8,12H,2-3,5-6H2,1H3;1H. The van der Waals surface area contributed by atoms with Gasteiger partial charge in [0.15, 0.2) is 0 Å². The summed E-state index contributed by atoms with van der Waals surface area (Å²) in [5.74, 6) is 1.03. The summed E-state index contributed by atoms with van der Waals surface area (Å²) in [7, 11) is 0. The predicted octanol–water partition coefficient (Wildman–Crippen LogP) is 0.869. The number of imidazole rings is 1. The molecule has 1 aliphatic heterocycles. The molecule has 3 rings (SSSR count). The van der Waals surface area contributed by atoms with Gasteiger partial charge in [0.2, 0.25) is 5.95 Å². The number of rotatable bonds is 1. The monoisotopic (exact) mass is 253 g/mol. The van der Waals surface area contributed by atoms with E-state index in [1.165, 1.54) is 0 Å². The van der Waals surface area contributed by atoms with Crippen molar-refractivity contribution >= 4 is 23.9 Å². The molecule has 1 aliphatic rings. The Kier molecular flexibility index (Phi) is 3.49. The molecule has 5 nitrogen and oxygen atoms in total. The maximum absolute atomic E-state index is 4.50. The van der Waals surface area contributed by atoms with Crippen LogP contribution < -0.4 is 10.2 Å². The van der Waals surface area contributed by atoms with Gasteiger partial charge in [0.25, 0.3) is 0 Å². The molecule has 3 heterocycles. The molecule has 0 radical (unpaired) electrons. The number of fused-ring (bicyclic) bond motifs is 1. The van der Waals surface area contributed by atoms with E-state index in [9.17, 15) is 0 Å². The number of hydrogen-bond acceptors (Lipinski definition) is 4. The van der Waals surface area contributed by atoms with Gasteiger partial charge in [-0.15, -0.1) is 12.4 Å². The summed E-state index contributed by atoms with van der Waals surface area (Å²) in [5.41, 5.74) is 2.12. The van der Waals surface area contributed by atoms with Gasteiger partial charge in [-0.1, -0.05) is 0 Å². The number of anilines is 1. The van der Waals surface area contributed by atoms with Crippen molar-refractivity contribution in [3.05, 3.63) is 24.3 Å². The molecule has 17 heavy (non-hydrogen) atoms. The fourth-order valence-electron chi connectivity index (χ4n) is 2.14. The van der Waals surface area contributed by atoms with Gasteiger partial charge in [0, 0.05) is 38.6 Å². The highest BCUT2D eigenvalue weighted by atomic mass is 35.5. The number of aryl methyl sites for hydroxylation is 1. The lowest BCUT2D eigenvalue weighted by Crippen LogP contribution is -2.44. The van der Waals surface area contributed by atoms with Crippen molar-refractivity contribution in [2.75, 3.05) is 31.1 Å². The van der Waals surface area contributed by atoms with Crippen LogP contribution in [0.25, 0.3) is 5.52 Å². The van der Waals surface area contributed by atoms with Crippen LogP contribution >= 0.6 is 12.4 Å². The first-order chi connectivity index (χ1) is 7.86. The fraction of sp³-hybridized carbons (Fsp3) is 0.455. The van der Waals surface area contributed by atoms with Crippen molar-refractivity contribution in [3.8, 4) is 0 Å². The van der Waals surface area contributed by atoms with E-state index in [2.05, 4.69) is 24.6 Å². The van der Waals surface area contributed by atoms with Gasteiger partial charge >= 0.3 is 0 Å². The average molecular weight is 254 g/mol. The third-order valence-corrected chi connectivity index (χ3v) is 3.03. The van der Waals surface area contributed by atoms with Crippen molar-refractivity contribution in [2.45, 2.75) is 6.92 Å². The summed E-state index contributed by atoms with van der Waals surface area (Å²) in [6, 6.07) is 0. The van der Waals surface area contributed by atoms with Crippen molar-refractivity contribution in [3.63, 3.8) is 0 Å². The topological polar surface area (TPSA) is 45.5 Å². The summed E-state index contributed by atoms with van der Waals surface area (Å²) in [6.45, 7) is 6.09. The van der Waals surface area contributed by atoms with Crippen LogP contribution in [-0.4, -0.2) is 40.5 Å². The van der Waals surface area contributed by atoms with Crippen LogP contribution in [-0.2, 0) is 0 Å². The Morgan fingerprint density at radius 3 is 2.76 bits per heavy atom. The van der Waals surface area contributed by atoms with Gasteiger partial charge in [-0.25, -0.2) is 4.98 Å². The van der Waals surface area contributed by atoms with E-state index >= 15 is 0 Å². The van der Waals surface area contributed by atoms with E-state index in [1.807, 2.05) is 25.5 Å². The Morgan fingerprint density at radius 1 is 1.24 bits per heavy atom. The fourth-order valence-corrected chi connectivity index (χ4v) is 2.14. The highest BCUT2D eigenvalue weighted by molar-refractivity contribution is 5.85. The average Bonchev–Trinajstić information content (AvgIpc) is 2.75. The number of hydrogen-bond donors (Lipinski definition) is 1. The Hall–Kier alpha value is -1.33. The quantitative estimate of drug-likeness (QED) is 0.819. The first-order valence-corrected chi connectivity index (χ1v) is 5.60. The summed E-state index contributed by atoms with van der Waals surface area (Å²) < 4.78 is 2.12. The van der Waals surface area contributed by atoms with Crippen LogP contribution in [0.2, 0.25) is 0 Å². The van der Waals surface area contributed by atoms with Crippen LogP contribution in [0.1, 0.15) is 5.69 Å². The van der Waals surface area contributed by atoms with E-state index in [0.717, 1.165) is 43.3 Å². The largest absolute Gasteiger partial charge is 0.339 e. The van der Waals surface area contributed by atoms with Gasteiger partial charge < -0.3 is 10.2 Å². The van der Waals surface area contributed by atoms with Gasteiger partial charge in [0.1, 0.15) is 0 Å². The van der Waals surface area contributed by atoms with Crippen molar-refractivity contribution in [1.29, 1.82) is 0 Å². The van der Waals surface area contributed by atoms with Crippen LogP contribution in [0.15, 0.2) is 18.6 Å². The zero-order valence-electron chi connectivity index (χ0n) is 9.76. The molecule has 2 aromatic heterocycles. The SMILES string of the molecule is Cc1nccn2c(N3CCNCC3)ncc12.Cl. The molecule has 0 spiro atoms. The Labute approximate surface area is 106 Å². The van der Waals surface area contributed by atoms with E-state index in [-0.39, 0.29) is 12.4 Å². The highest BCUT2D eigenvalue weighted by Crippen LogP contribution is 2.17. The second kappa shape index (κ2) is 4.89. The lowest BCUT2D eigenvalue weighted by atomic mass is 10.4. The summed E-state index contributed by atoms with van der Waals surface area (Å²) in [6.07, 6.45) is 5.71. The molecule has 0 bridgehead atoms. The maximum atomic E-state index is 4.50. The smallest absolute Gasteiger partial charge is 0.210 e. The van der Waals surface area contributed by atoms with E-state index in [0.29, 0.717) is 0 Å². The molecule has 92 valence electrons. The van der Waals surface area contributed by atoms with E-state index in [1.54, 1.807) is 0 Å². The molecule has 0 amide bonds. The minimum atomic E-state index is 0. The van der Waals surface area contributed by atoms with Crippen molar-refractivity contribution in [2.24, 2.45) is 0 Å². The van der Waals surface area contributed by atoms with E-state index < -0.39 is 0 Å². The number of nitrogens with zero attached hydrogens (tertiary/aromatic N) is 4. The van der Waals surface area contributed by atoms with Crippen LogP contribution in [0.5, 0.6) is 0 Å². The molecule has 0 atom stereocenters. The highest BCUT2D eigenvalue weighted by Gasteiger charge is 2.15. The number of piperazine rings is 1. The molecule has 1 fully saturated rings. The molecule has 0 aromatic carbocycles. The summed E-state index contributed by atoms with van der Waals surface area (Å²) in [5, 5.41) is 3.35. The summed E-state index contributed by atoms with van der Waals surface area (Å²) in [4.78, 5) is 11.1. The minimum absolute atomic E-state index is 0. The van der Waals surface area contributed by atoms with Gasteiger partial charge in [0.05, 0.1) is 17.4 Å². The first-order valence-electron chi connectivity index (χ1n) is 5.60. The molecule has 0 unspecified atom stereocenters. The van der Waals surface area contributed by atoms with Crippen LogP contribution in [0.4, 0.5) is 5.95 Å². The van der Waals surface area contributed by atoms with Crippen LogP contribution in [0.3, 0.4) is 0 Å². The van der Waals surface area contributed by atoms with Gasteiger partial charge in [-0.3, -0.25) is 9.38 Å². The van der Waals surface area contributed by atoms with Crippen molar-refractivity contribution < 1.29 is 0 Å². The first kappa shape index (κ1) is 12.1. The molecule has 1 saturated heterocycles. The van der Waals surface area contributed by atoms with Crippen molar-refractivity contribution in [1.82, 2.24) is 19.7 Å². The Morgan fingerprint density at radius 2 is 2.00 bits per heavy atom. The molecule has 0 saturated carbocycles. The molecular formula is C11H16ClN5. The third-order valence-electron chi connectivity index (χ3n) is 3.03. The number of halogens is 1. The lowest BCUT2D eigenvalue weighted by molar-refractivity contribution is 0.579. The normalized spacial score (nSPS) is 15.9. The Bertz CT molecular complexity index is 504. The van der Waals surface area contributed by atoms with Crippen LogP contribution in [0, 0.1) is 6.92 Å². The predicted molar refractivity (Wildman–Crippen MR) is 70.1 cm³/mol. The molecule has 2 aromatic rings. The van der Waals surface area contributed by atoms with Gasteiger partial charge in [-0.05, 0) is 6.92 Å². The molecular weight excluding hydrogens is 238 g/mol. The lowest BCUT2D eigenvalue weighted by Gasteiger charge is -2.27. The maximum Gasteiger partial charge on any atom is 0.210 e. The molecule has 1 N–H and O–H groups in total. The minimum Gasteiger partial charge on any atom is -0.339 e. The molecule has 0 aliphatic carbocycles. The summed E-state index contributed by atoms with van der Waals surface area (Å²) >= 11 is 0. The number of aromatic nitrogens is 3. The Balaban J connectivity index is 0.00000108. The second-order valence-electron chi connectivity index (χ2n) is 4.06. The third kappa shape index (κ3) is 2.08. The number of nitrogens with one attached hydrogen (secondary N) is 1. The van der Waals surface area contributed by atoms with E-state index in [4.69, 9.17) is 0 Å². The van der Waals surface area contributed by atoms with Gasteiger partial charge in [-0.2, -0.15) is 0 Å². The zero-order valence-corrected chi connectivity index (χ0v) is 10.6. The molecule has 6 heteroatoms.